The Morgan fingerprint density at radius 2 is 1.88 bits per heavy atom. The second-order valence-electron chi connectivity index (χ2n) is 6.05. The molecular weight excluding hydrogens is 321 g/mol. The van der Waals surface area contributed by atoms with Crippen LogP contribution in [0.4, 0.5) is 19.0 Å². The number of carbonyl (C=O) groups excluding carboxylic acids is 1. The second-order valence-corrected chi connectivity index (χ2v) is 6.05. The first-order valence-electron chi connectivity index (χ1n) is 8.03. The summed E-state index contributed by atoms with van der Waals surface area (Å²) in [7, 11) is 0. The number of hydrogen-bond acceptors (Lipinski definition) is 4. The molecule has 1 saturated heterocycles. The van der Waals surface area contributed by atoms with Crippen LogP contribution >= 0.6 is 0 Å². The van der Waals surface area contributed by atoms with Crippen LogP contribution in [0.5, 0.6) is 0 Å². The fourth-order valence-electron chi connectivity index (χ4n) is 3.11. The van der Waals surface area contributed by atoms with Crippen molar-refractivity contribution in [2.24, 2.45) is 5.92 Å². The van der Waals surface area contributed by atoms with Crippen molar-refractivity contribution >= 4 is 11.7 Å². The van der Waals surface area contributed by atoms with Crippen LogP contribution in [0.2, 0.25) is 0 Å². The Kier molecular flexibility index (Phi) is 4.73. The number of hydrogen-bond donors (Lipinski definition) is 0. The van der Waals surface area contributed by atoms with E-state index in [0.29, 0.717) is 26.2 Å². The molecule has 1 aromatic heterocycles. The largest absolute Gasteiger partial charge is 0.433 e. The highest BCUT2D eigenvalue weighted by molar-refractivity contribution is 5.79. The SMILES string of the molecule is O=C([C@@H]1CC=CCC1)N1CCN(c2cc(C(F)(F)F)ncn2)CC1. The zero-order valence-corrected chi connectivity index (χ0v) is 13.2. The highest BCUT2D eigenvalue weighted by Gasteiger charge is 2.34. The molecule has 2 heterocycles. The number of rotatable bonds is 2. The van der Waals surface area contributed by atoms with Gasteiger partial charge in [-0.3, -0.25) is 4.79 Å². The summed E-state index contributed by atoms with van der Waals surface area (Å²) in [5, 5.41) is 0. The molecule has 0 unspecified atom stereocenters. The topological polar surface area (TPSA) is 49.3 Å². The van der Waals surface area contributed by atoms with Crippen molar-refractivity contribution in [2.75, 3.05) is 31.1 Å². The van der Waals surface area contributed by atoms with Crippen LogP contribution < -0.4 is 4.90 Å². The molecule has 1 amide bonds. The summed E-state index contributed by atoms with van der Waals surface area (Å²) < 4.78 is 38.2. The Morgan fingerprint density at radius 1 is 1.12 bits per heavy atom. The first kappa shape index (κ1) is 16.7. The molecule has 8 heteroatoms. The normalized spacial score (nSPS) is 21.9. The van der Waals surface area contributed by atoms with E-state index in [1.54, 1.807) is 4.90 Å². The summed E-state index contributed by atoms with van der Waals surface area (Å²) >= 11 is 0. The van der Waals surface area contributed by atoms with Crippen LogP contribution in [0.25, 0.3) is 0 Å². The van der Waals surface area contributed by atoms with Gasteiger partial charge in [-0.25, -0.2) is 9.97 Å². The maximum Gasteiger partial charge on any atom is 0.433 e. The van der Waals surface area contributed by atoms with Crippen LogP contribution in [0.1, 0.15) is 25.0 Å². The Bertz CT molecular complexity index is 624. The zero-order chi connectivity index (χ0) is 17.2. The number of nitrogens with zero attached hydrogens (tertiary/aromatic N) is 4. The molecule has 3 rings (SSSR count). The highest BCUT2D eigenvalue weighted by atomic mass is 19.4. The van der Waals surface area contributed by atoms with Gasteiger partial charge in [0.2, 0.25) is 5.91 Å². The van der Waals surface area contributed by atoms with E-state index in [1.165, 1.54) is 0 Å². The summed E-state index contributed by atoms with van der Waals surface area (Å²) in [5.41, 5.74) is -0.944. The van der Waals surface area contributed by atoms with E-state index in [9.17, 15) is 18.0 Å². The van der Waals surface area contributed by atoms with Crippen molar-refractivity contribution in [2.45, 2.75) is 25.4 Å². The van der Waals surface area contributed by atoms with Gasteiger partial charge in [-0.15, -0.1) is 0 Å². The number of anilines is 1. The molecule has 0 N–H and O–H groups in total. The van der Waals surface area contributed by atoms with E-state index in [0.717, 1.165) is 31.7 Å². The van der Waals surface area contributed by atoms with Gasteiger partial charge in [-0.2, -0.15) is 13.2 Å². The molecule has 0 radical (unpaired) electrons. The monoisotopic (exact) mass is 340 g/mol. The van der Waals surface area contributed by atoms with Crippen LogP contribution in [-0.4, -0.2) is 47.0 Å². The lowest BCUT2D eigenvalue weighted by atomic mass is 9.93. The average molecular weight is 340 g/mol. The molecule has 1 aromatic rings. The number of piperazine rings is 1. The molecule has 0 spiro atoms. The molecule has 1 aliphatic carbocycles. The van der Waals surface area contributed by atoms with E-state index in [1.807, 2.05) is 11.0 Å². The third kappa shape index (κ3) is 3.68. The molecule has 2 aliphatic rings. The Balaban J connectivity index is 1.61. The maximum atomic E-state index is 12.7. The van der Waals surface area contributed by atoms with Gasteiger partial charge in [-0.1, -0.05) is 12.2 Å². The van der Waals surface area contributed by atoms with Crippen LogP contribution in [-0.2, 0) is 11.0 Å². The van der Waals surface area contributed by atoms with E-state index in [2.05, 4.69) is 16.0 Å². The van der Waals surface area contributed by atoms with E-state index in [-0.39, 0.29) is 17.6 Å². The van der Waals surface area contributed by atoms with E-state index < -0.39 is 11.9 Å². The molecule has 24 heavy (non-hydrogen) atoms. The maximum absolute atomic E-state index is 12.7. The standard InChI is InChI=1S/C16H19F3N4O/c17-16(18,19)13-10-14(21-11-20-13)22-6-8-23(9-7-22)15(24)12-4-2-1-3-5-12/h1-2,10-12H,3-9H2/t12-/m1/s1. The van der Waals surface area contributed by atoms with Gasteiger partial charge in [0.25, 0.3) is 0 Å². The van der Waals surface area contributed by atoms with Gasteiger partial charge in [0.05, 0.1) is 0 Å². The summed E-state index contributed by atoms with van der Waals surface area (Å²) in [4.78, 5) is 23.3. The number of allylic oxidation sites excluding steroid dienone is 2. The van der Waals surface area contributed by atoms with Gasteiger partial charge in [0.1, 0.15) is 17.8 Å². The van der Waals surface area contributed by atoms with Gasteiger partial charge < -0.3 is 9.80 Å². The number of aromatic nitrogens is 2. The average Bonchev–Trinajstić information content (AvgIpc) is 2.61. The predicted molar refractivity (Wildman–Crippen MR) is 82.3 cm³/mol. The van der Waals surface area contributed by atoms with Crippen molar-refractivity contribution in [1.82, 2.24) is 14.9 Å². The lowest BCUT2D eigenvalue weighted by molar-refractivity contribution is -0.141. The number of halogens is 3. The smallest absolute Gasteiger partial charge is 0.353 e. The van der Waals surface area contributed by atoms with Crippen molar-refractivity contribution in [3.8, 4) is 0 Å². The van der Waals surface area contributed by atoms with Gasteiger partial charge in [-0.05, 0) is 19.3 Å². The van der Waals surface area contributed by atoms with Crippen LogP contribution in [0, 0.1) is 5.92 Å². The van der Waals surface area contributed by atoms with Gasteiger partial charge >= 0.3 is 6.18 Å². The fraction of sp³-hybridized carbons (Fsp3) is 0.562. The molecular formula is C16H19F3N4O. The number of amides is 1. The van der Waals surface area contributed by atoms with Crippen molar-refractivity contribution < 1.29 is 18.0 Å². The van der Waals surface area contributed by atoms with E-state index in [4.69, 9.17) is 0 Å². The Labute approximate surface area is 138 Å². The molecule has 130 valence electrons. The molecule has 1 aliphatic heterocycles. The number of carbonyl (C=O) groups is 1. The van der Waals surface area contributed by atoms with E-state index >= 15 is 0 Å². The Morgan fingerprint density at radius 3 is 2.50 bits per heavy atom. The summed E-state index contributed by atoms with van der Waals surface area (Å²) in [6.07, 6.45) is 3.17. The second kappa shape index (κ2) is 6.78. The molecule has 1 fully saturated rings. The van der Waals surface area contributed by atoms with Crippen molar-refractivity contribution in [3.63, 3.8) is 0 Å². The van der Waals surface area contributed by atoms with Crippen LogP contribution in [0.3, 0.4) is 0 Å². The number of alkyl halides is 3. The molecule has 0 bridgehead atoms. The lowest BCUT2D eigenvalue weighted by Crippen LogP contribution is -2.50. The van der Waals surface area contributed by atoms with Gasteiger partial charge in [0.15, 0.2) is 0 Å². The molecule has 5 nitrogen and oxygen atoms in total. The highest BCUT2D eigenvalue weighted by Crippen LogP contribution is 2.29. The molecule has 0 saturated carbocycles. The minimum absolute atomic E-state index is 0.0393. The fourth-order valence-corrected chi connectivity index (χ4v) is 3.11. The van der Waals surface area contributed by atoms with Crippen LogP contribution in [0.15, 0.2) is 24.5 Å². The lowest BCUT2D eigenvalue weighted by Gasteiger charge is -2.37. The van der Waals surface area contributed by atoms with Crippen molar-refractivity contribution in [3.05, 3.63) is 30.2 Å². The minimum Gasteiger partial charge on any atom is -0.353 e. The third-order valence-electron chi connectivity index (χ3n) is 4.48. The molecule has 0 aromatic carbocycles. The van der Waals surface area contributed by atoms with Crippen molar-refractivity contribution in [1.29, 1.82) is 0 Å². The summed E-state index contributed by atoms with van der Waals surface area (Å²) in [6.45, 7) is 1.96. The Hall–Kier alpha value is -2.12. The predicted octanol–water partition coefficient (Wildman–Crippen LogP) is 2.50. The zero-order valence-electron chi connectivity index (χ0n) is 13.2. The first-order valence-corrected chi connectivity index (χ1v) is 8.03. The minimum atomic E-state index is -4.48. The molecule has 1 atom stereocenters. The third-order valence-corrected chi connectivity index (χ3v) is 4.48. The first-order chi connectivity index (χ1) is 11.4. The van der Waals surface area contributed by atoms with Gasteiger partial charge in [0, 0.05) is 38.2 Å². The summed E-state index contributed by atoms with van der Waals surface area (Å²) in [6, 6.07) is 0.962. The summed E-state index contributed by atoms with van der Waals surface area (Å²) in [5.74, 6) is 0.445. The quantitative estimate of drug-likeness (QED) is 0.776.